The lowest BCUT2D eigenvalue weighted by atomic mass is 9.85. The van der Waals surface area contributed by atoms with E-state index in [4.69, 9.17) is 23.2 Å². The van der Waals surface area contributed by atoms with Gasteiger partial charge >= 0.3 is 0 Å². The molecular formula is C18H15Cl2NO2. The summed E-state index contributed by atoms with van der Waals surface area (Å²) in [4.78, 5) is 25.4. The topological polar surface area (TPSA) is 37.4 Å². The van der Waals surface area contributed by atoms with E-state index in [1.54, 1.807) is 24.1 Å². The molecule has 5 heteroatoms. The molecule has 0 fully saturated rings. The van der Waals surface area contributed by atoms with Gasteiger partial charge in [0.25, 0.3) is 5.91 Å². The lowest BCUT2D eigenvalue weighted by Gasteiger charge is -2.29. The molecule has 0 saturated heterocycles. The van der Waals surface area contributed by atoms with Gasteiger partial charge in [-0.15, -0.1) is 0 Å². The zero-order valence-electron chi connectivity index (χ0n) is 12.5. The molecule has 1 aliphatic heterocycles. The number of aldehydes is 1. The minimum atomic E-state index is -0.193. The van der Waals surface area contributed by atoms with Crippen LogP contribution in [0.15, 0.2) is 42.5 Å². The lowest BCUT2D eigenvalue weighted by Crippen LogP contribution is -2.28. The molecule has 0 saturated carbocycles. The molecule has 3 nitrogen and oxygen atoms in total. The molecule has 2 aromatic carbocycles. The molecule has 2 aromatic rings. The van der Waals surface area contributed by atoms with Crippen molar-refractivity contribution < 1.29 is 9.59 Å². The average Bonchev–Trinajstić information content (AvgIpc) is 2.80. The van der Waals surface area contributed by atoms with Gasteiger partial charge in [-0.05, 0) is 29.3 Å². The van der Waals surface area contributed by atoms with E-state index in [2.05, 4.69) is 0 Å². The van der Waals surface area contributed by atoms with Gasteiger partial charge in [0, 0.05) is 24.9 Å². The maximum absolute atomic E-state index is 12.5. The van der Waals surface area contributed by atoms with Gasteiger partial charge in [-0.2, -0.15) is 0 Å². The van der Waals surface area contributed by atoms with Crippen molar-refractivity contribution in [1.82, 2.24) is 4.90 Å². The number of likely N-dealkylation sites (N-methyl/N-ethyl adjacent to an activating group) is 1. The van der Waals surface area contributed by atoms with Crippen molar-refractivity contribution in [3.05, 3.63) is 69.2 Å². The summed E-state index contributed by atoms with van der Waals surface area (Å²) >= 11 is 12.1. The van der Waals surface area contributed by atoms with Crippen molar-refractivity contribution in [2.24, 2.45) is 0 Å². The number of nitrogens with zero attached hydrogens (tertiary/aromatic N) is 1. The molecule has 0 N–H and O–H groups in total. The van der Waals surface area contributed by atoms with E-state index in [-0.39, 0.29) is 17.9 Å². The van der Waals surface area contributed by atoms with Crippen LogP contribution in [0.4, 0.5) is 0 Å². The standard InChI is InChI=1S/C18H15Cl2NO2/c1-21-17(13-4-2-3-5-14(13)18(21)23)12(8-9-22)11-6-7-15(19)16(20)10-11/h2-7,9-10,12,17H,8H2,1H3. The van der Waals surface area contributed by atoms with E-state index in [1.165, 1.54) is 0 Å². The molecule has 118 valence electrons. The highest BCUT2D eigenvalue weighted by molar-refractivity contribution is 6.42. The third-order valence-electron chi connectivity index (χ3n) is 4.35. The lowest BCUT2D eigenvalue weighted by molar-refractivity contribution is -0.108. The van der Waals surface area contributed by atoms with Gasteiger partial charge in [0.05, 0.1) is 16.1 Å². The number of amides is 1. The Morgan fingerprint density at radius 2 is 1.91 bits per heavy atom. The molecule has 3 rings (SSSR count). The van der Waals surface area contributed by atoms with Gasteiger partial charge in [-0.25, -0.2) is 0 Å². The second kappa shape index (κ2) is 6.34. The Balaban J connectivity index is 2.09. The Morgan fingerprint density at radius 1 is 1.17 bits per heavy atom. The normalized spacial score (nSPS) is 18.0. The Bertz CT molecular complexity index is 775. The molecule has 0 aliphatic carbocycles. The molecule has 1 aliphatic rings. The minimum Gasteiger partial charge on any atom is -0.334 e. The van der Waals surface area contributed by atoms with Crippen LogP contribution in [0.2, 0.25) is 10.0 Å². The fourth-order valence-electron chi connectivity index (χ4n) is 3.26. The quantitative estimate of drug-likeness (QED) is 0.764. The van der Waals surface area contributed by atoms with Crippen LogP contribution in [0.1, 0.15) is 39.9 Å². The number of halogens is 2. The molecule has 0 aromatic heterocycles. The van der Waals surface area contributed by atoms with Crippen LogP contribution in [-0.2, 0) is 4.79 Å². The Labute approximate surface area is 144 Å². The highest BCUT2D eigenvalue weighted by atomic mass is 35.5. The summed E-state index contributed by atoms with van der Waals surface area (Å²) in [5.41, 5.74) is 2.53. The molecule has 2 atom stereocenters. The number of rotatable bonds is 4. The van der Waals surface area contributed by atoms with E-state index in [0.717, 1.165) is 17.4 Å². The van der Waals surface area contributed by atoms with Crippen LogP contribution in [0.3, 0.4) is 0 Å². The monoisotopic (exact) mass is 347 g/mol. The molecule has 1 amide bonds. The highest BCUT2D eigenvalue weighted by Crippen LogP contribution is 2.44. The van der Waals surface area contributed by atoms with Gasteiger partial charge in [-0.3, -0.25) is 4.79 Å². The first-order chi connectivity index (χ1) is 11.0. The van der Waals surface area contributed by atoms with Gasteiger partial charge in [0.1, 0.15) is 6.29 Å². The molecule has 0 bridgehead atoms. The number of carbonyl (C=O) groups is 2. The summed E-state index contributed by atoms with van der Waals surface area (Å²) in [7, 11) is 1.77. The van der Waals surface area contributed by atoms with E-state index >= 15 is 0 Å². The predicted molar refractivity (Wildman–Crippen MR) is 91.2 cm³/mol. The zero-order chi connectivity index (χ0) is 16.6. The molecule has 0 spiro atoms. The minimum absolute atomic E-state index is 0.0263. The maximum atomic E-state index is 12.5. The smallest absolute Gasteiger partial charge is 0.254 e. The van der Waals surface area contributed by atoms with Crippen LogP contribution in [0.25, 0.3) is 0 Å². The summed E-state index contributed by atoms with van der Waals surface area (Å²) in [5.74, 6) is -0.193. The largest absolute Gasteiger partial charge is 0.334 e. The van der Waals surface area contributed by atoms with Crippen LogP contribution < -0.4 is 0 Å². The second-order valence-electron chi connectivity index (χ2n) is 5.63. The molecule has 2 unspecified atom stereocenters. The highest BCUT2D eigenvalue weighted by Gasteiger charge is 2.39. The Kier molecular flexibility index (Phi) is 4.42. The predicted octanol–water partition coefficient (Wildman–Crippen LogP) is 4.49. The average molecular weight is 348 g/mol. The van der Waals surface area contributed by atoms with Crippen molar-refractivity contribution in [3.8, 4) is 0 Å². The van der Waals surface area contributed by atoms with Crippen LogP contribution >= 0.6 is 23.2 Å². The number of fused-ring (bicyclic) bond motifs is 1. The fraction of sp³-hybridized carbons (Fsp3) is 0.222. The Morgan fingerprint density at radius 3 is 2.61 bits per heavy atom. The SMILES string of the molecule is CN1C(=O)c2ccccc2C1C(CC=O)c1ccc(Cl)c(Cl)c1. The van der Waals surface area contributed by atoms with Crippen molar-refractivity contribution in [1.29, 1.82) is 0 Å². The van der Waals surface area contributed by atoms with E-state index in [1.807, 2.05) is 30.3 Å². The van der Waals surface area contributed by atoms with Gasteiger partial charge in [0.2, 0.25) is 0 Å². The fourth-order valence-corrected chi connectivity index (χ4v) is 3.56. The van der Waals surface area contributed by atoms with Gasteiger partial charge < -0.3 is 9.69 Å². The van der Waals surface area contributed by atoms with Gasteiger partial charge in [-0.1, -0.05) is 47.5 Å². The zero-order valence-corrected chi connectivity index (χ0v) is 14.0. The Hall–Kier alpha value is -1.84. The summed E-state index contributed by atoms with van der Waals surface area (Å²) in [5, 5.41) is 0.914. The third-order valence-corrected chi connectivity index (χ3v) is 5.09. The summed E-state index contributed by atoms with van der Waals surface area (Å²) in [6.45, 7) is 0. The van der Waals surface area contributed by atoms with Crippen LogP contribution in [0, 0.1) is 0 Å². The first kappa shape index (κ1) is 16.0. The summed E-state index contributed by atoms with van der Waals surface area (Å²) < 4.78 is 0. The first-order valence-electron chi connectivity index (χ1n) is 7.29. The molecular weight excluding hydrogens is 333 g/mol. The maximum Gasteiger partial charge on any atom is 0.254 e. The molecule has 1 heterocycles. The van der Waals surface area contributed by atoms with E-state index in [0.29, 0.717) is 22.0 Å². The van der Waals surface area contributed by atoms with E-state index < -0.39 is 0 Å². The first-order valence-corrected chi connectivity index (χ1v) is 8.05. The summed E-state index contributed by atoms with van der Waals surface area (Å²) in [6.07, 6.45) is 1.18. The molecule has 23 heavy (non-hydrogen) atoms. The second-order valence-corrected chi connectivity index (χ2v) is 6.44. The number of carbonyl (C=O) groups excluding carboxylic acids is 2. The van der Waals surface area contributed by atoms with Crippen LogP contribution in [-0.4, -0.2) is 24.1 Å². The number of benzene rings is 2. The van der Waals surface area contributed by atoms with Crippen molar-refractivity contribution in [2.75, 3.05) is 7.05 Å². The van der Waals surface area contributed by atoms with Crippen molar-refractivity contribution in [3.63, 3.8) is 0 Å². The van der Waals surface area contributed by atoms with Gasteiger partial charge in [0.15, 0.2) is 0 Å². The molecule has 0 radical (unpaired) electrons. The van der Waals surface area contributed by atoms with Crippen LogP contribution in [0.5, 0.6) is 0 Å². The number of hydrogen-bond donors (Lipinski definition) is 0. The summed E-state index contributed by atoms with van der Waals surface area (Å²) in [6, 6.07) is 12.7. The number of hydrogen-bond acceptors (Lipinski definition) is 2. The third kappa shape index (κ3) is 2.75. The van der Waals surface area contributed by atoms with Crippen molar-refractivity contribution in [2.45, 2.75) is 18.4 Å². The van der Waals surface area contributed by atoms with E-state index in [9.17, 15) is 9.59 Å². The van der Waals surface area contributed by atoms with Crippen molar-refractivity contribution >= 4 is 35.4 Å².